The Morgan fingerprint density at radius 1 is 1.75 bits per heavy atom. The van der Waals surface area contributed by atoms with Gasteiger partial charge >= 0.3 is 5.84 Å². The zero-order valence-corrected chi connectivity index (χ0v) is 5.28. The standard InChI is InChI=1S/C5H7ClN2/c6-4-8-5-2-1-3-7-5/h4H,1-3H2/p+1. The van der Waals surface area contributed by atoms with Crippen molar-refractivity contribution in [3.8, 4) is 0 Å². The minimum atomic E-state index is 1.01. The summed E-state index contributed by atoms with van der Waals surface area (Å²) in [7, 11) is 0. The highest BCUT2D eigenvalue weighted by Crippen LogP contribution is 1.93. The SMILES string of the molecule is ClC=[N+]=C1CCCN1. The van der Waals surface area contributed by atoms with Gasteiger partial charge in [0.1, 0.15) is 0 Å². The van der Waals surface area contributed by atoms with Crippen molar-refractivity contribution in [1.29, 1.82) is 0 Å². The highest BCUT2D eigenvalue weighted by Gasteiger charge is 2.14. The number of nitrogens with one attached hydrogen (secondary N) is 1. The van der Waals surface area contributed by atoms with Gasteiger partial charge in [-0.3, -0.25) is 5.32 Å². The highest BCUT2D eigenvalue weighted by atomic mass is 35.5. The molecule has 1 aliphatic rings. The molecule has 8 heavy (non-hydrogen) atoms. The second-order valence-electron chi connectivity index (χ2n) is 1.70. The van der Waals surface area contributed by atoms with Gasteiger partial charge in [-0.1, -0.05) is 0 Å². The fourth-order valence-electron chi connectivity index (χ4n) is 0.746. The first kappa shape index (κ1) is 5.67. The van der Waals surface area contributed by atoms with E-state index >= 15 is 0 Å². The van der Waals surface area contributed by atoms with Crippen LogP contribution in [0.3, 0.4) is 0 Å². The van der Waals surface area contributed by atoms with E-state index in [1.54, 1.807) is 0 Å². The minimum Gasteiger partial charge on any atom is -0.265 e. The summed E-state index contributed by atoms with van der Waals surface area (Å²) in [6.45, 7) is 1.05. The number of halogens is 1. The molecule has 0 bridgehead atoms. The van der Waals surface area contributed by atoms with E-state index in [0.29, 0.717) is 0 Å². The summed E-state index contributed by atoms with van der Waals surface area (Å²) >= 11 is 5.23. The van der Waals surface area contributed by atoms with Crippen LogP contribution in [0.25, 0.3) is 0 Å². The van der Waals surface area contributed by atoms with Crippen LogP contribution < -0.4 is 9.98 Å². The smallest absolute Gasteiger partial charge is 0.265 e. The minimum absolute atomic E-state index is 1.01. The lowest BCUT2D eigenvalue weighted by Crippen LogP contribution is -2.16. The third-order valence-electron chi connectivity index (χ3n) is 1.12. The second kappa shape index (κ2) is 2.75. The quantitative estimate of drug-likeness (QED) is 0.366. The van der Waals surface area contributed by atoms with E-state index in [9.17, 15) is 0 Å². The Balaban J connectivity index is 2.58. The summed E-state index contributed by atoms with van der Waals surface area (Å²) in [6, 6.07) is 0. The molecule has 1 N–H and O–H groups in total. The zero-order chi connectivity index (χ0) is 5.82. The molecule has 0 aromatic carbocycles. The molecule has 0 amide bonds. The van der Waals surface area contributed by atoms with Crippen LogP contribution in [0.1, 0.15) is 12.8 Å². The van der Waals surface area contributed by atoms with Gasteiger partial charge in [0, 0.05) is 0 Å². The van der Waals surface area contributed by atoms with E-state index in [0.717, 1.165) is 18.8 Å². The molecule has 1 fully saturated rings. The van der Waals surface area contributed by atoms with Gasteiger partial charge in [-0.25, -0.2) is 4.67 Å². The molecule has 1 heterocycles. The van der Waals surface area contributed by atoms with Crippen molar-refractivity contribution in [2.75, 3.05) is 6.54 Å². The Morgan fingerprint density at radius 2 is 2.62 bits per heavy atom. The summed E-state index contributed by atoms with van der Waals surface area (Å²) in [5, 5.41) is 3.09. The monoisotopic (exact) mass is 131 g/mol. The third kappa shape index (κ3) is 1.25. The topological polar surface area (TPSA) is 26.1 Å². The van der Waals surface area contributed by atoms with Crippen molar-refractivity contribution in [3.05, 3.63) is 0 Å². The molecule has 0 unspecified atom stereocenters. The van der Waals surface area contributed by atoms with E-state index in [1.807, 2.05) is 0 Å². The predicted octanol–water partition coefficient (Wildman–Crippen LogP) is 0.103. The molecule has 0 atom stereocenters. The number of rotatable bonds is 0. The van der Waals surface area contributed by atoms with Crippen LogP contribution in [0.5, 0.6) is 0 Å². The summed E-state index contributed by atoms with van der Waals surface area (Å²) in [6.07, 6.45) is 2.23. The van der Waals surface area contributed by atoms with Crippen LogP contribution in [0.4, 0.5) is 0 Å². The Hall–Kier alpha value is -0.460. The molecule has 0 aliphatic carbocycles. The molecule has 0 radical (unpaired) electrons. The van der Waals surface area contributed by atoms with E-state index in [4.69, 9.17) is 11.6 Å². The van der Waals surface area contributed by atoms with Crippen LogP contribution in [0.15, 0.2) is 0 Å². The van der Waals surface area contributed by atoms with E-state index < -0.39 is 0 Å². The summed E-state index contributed by atoms with van der Waals surface area (Å²) in [4.78, 5) is 0. The Morgan fingerprint density at radius 3 is 3.12 bits per heavy atom. The van der Waals surface area contributed by atoms with Crippen LogP contribution in [0.2, 0.25) is 0 Å². The molecule has 1 aliphatic heterocycles. The Labute approximate surface area is 53.3 Å². The maximum Gasteiger partial charge on any atom is 0.344 e. The average molecular weight is 132 g/mol. The van der Waals surface area contributed by atoms with E-state index in [1.165, 1.54) is 12.1 Å². The average Bonchev–Trinajstić information content (AvgIpc) is 2.19. The summed E-state index contributed by atoms with van der Waals surface area (Å²) in [5.41, 5.74) is 1.30. The molecule has 0 spiro atoms. The number of hydrogen-bond acceptors (Lipinski definition) is 0. The van der Waals surface area contributed by atoms with Crippen molar-refractivity contribution < 1.29 is 0 Å². The fourth-order valence-corrected chi connectivity index (χ4v) is 0.864. The van der Waals surface area contributed by atoms with Crippen LogP contribution >= 0.6 is 11.6 Å². The molecule has 1 saturated heterocycles. The molecule has 0 aromatic rings. The molecular weight excluding hydrogens is 124 g/mol. The van der Waals surface area contributed by atoms with Gasteiger partial charge in [0.15, 0.2) is 0 Å². The van der Waals surface area contributed by atoms with Crippen LogP contribution in [-0.4, -0.2) is 18.1 Å². The zero-order valence-electron chi connectivity index (χ0n) is 4.52. The lowest BCUT2D eigenvalue weighted by atomic mass is 10.4. The summed E-state index contributed by atoms with van der Waals surface area (Å²) in [5.74, 6) is 1.01. The molecule has 44 valence electrons. The molecule has 1 rings (SSSR count). The molecule has 2 nitrogen and oxygen atoms in total. The van der Waals surface area contributed by atoms with Gasteiger partial charge in [-0.15, -0.1) is 0 Å². The number of hydrogen-bond donors (Lipinski definition) is 1. The van der Waals surface area contributed by atoms with E-state index in [2.05, 4.69) is 9.98 Å². The van der Waals surface area contributed by atoms with Crippen molar-refractivity contribution in [2.45, 2.75) is 12.8 Å². The van der Waals surface area contributed by atoms with E-state index in [-0.39, 0.29) is 0 Å². The van der Waals surface area contributed by atoms with Crippen molar-refractivity contribution >= 4 is 23.1 Å². The largest absolute Gasteiger partial charge is 0.344 e. The normalized spacial score (nSPS) is 17.4. The van der Waals surface area contributed by atoms with Crippen molar-refractivity contribution in [1.82, 2.24) is 9.98 Å². The third-order valence-corrected chi connectivity index (χ3v) is 1.22. The van der Waals surface area contributed by atoms with Gasteiger partial charge in [-0.2, -0.15) is 0 Å². The maximum absolute atomic E-state index is 5.23. The van der Waals surface area contributed by atoms with Crippen LogP contribution in [-0.2, 0) is 0 Å². The number of amidine groups is 1. The molecule has 0 aromatic heterocycles. The van der Waals surface area contributed by atoms with Gasteiger partial charge in [0.2, 0.25) is 0 Å². The first-order valence-corrected chi connectivity index (χ1v) is 3.09. The lowest BCUT2D eigenvalue weighted by Gasteiger charge is -1.73. The Kier molecular flexibility index (Phi) is 1.95. The first-order valence-electron chi connectivity index (χ1n) is 2.66. The second-order valence-corrected chi connectivity index (χ2v) is 1.90. The maximum atomic E-state index is 5.23. The predicted molar refractivity (Wildman–Crippen MR) is 36.3 cm³/mol. The van der Waals surface area contributed by atoms with Crippen molar-refractivity contribution in [2.24, 2.45) is 0 Å². The van der Waals surface area contributed by atoms with Crippen LogP contribution in [0, 0.1) is 0 Å². The molecular formula is C5H8ClN2+. The first-order chi connectivity index (χ1) is 3.93. The van der Waals surface area contributed by atoms with Gasteiger partial charge in [-0.05, 0) is 18.0 Å². The van der Waals surface area contributed by atoms with Gasteiger partial charge in [0.25, 0.3) is 5.67 Å². The number of nitrogens with zero attached hydrogens (tertiary/aromatic N) is 1. The molecule has 3 heteroatoms. The Bertz CT molecular complexity index is 127. The molecule has 0 saturated carbocycles. The highest BCUT2D eigenvalue weighted by molar-refractivity contribution is 6.56. The van der Waals surface area contributed by atoms with Gasteiger partial charge in [0.05, 0.1) is 13.0 Å². The van der Waals surface area contributed by atoms with Crippen molar-refractivity contribution in [3.63, 3.8) is 0 Å². The summed E-state index contributed by atoms with van der Waals surface area (Å²) < 4.78 is 3.87. The lowest BCUT2D eigenvalue weighted by molar-refractivity contribution is 0.912. The fraction of sp³-hybridized carbons (Fsp3) is 0.600. The van der Waals surface area contributed by atoms with Gasteiger partial charge < -0.3 is 0 Å².